The van der Waals surface area contributed by atoms with E-state index in [4.69, 9.17) is 0 Å². The summed E-state index contributed by atoms with van der Waals surface area (Å²) in [5.41, 5.74) is -18.3. The number of hydrogen-bond donors (Lipinski definition) is 0. The second-order valence-corrected chi connectivity index (χ2v) is 7.71. The maximum Gasteiger partial charge on any atom is 0.334 e. The van der Waals surface area contributed by atoms with Crippen molar-refractivity contribution in [3.8, 4) is 0 Å². The Balaban J connectivity index is 4.19. The third-order valence-corrected chi connectivity index (χ3v) is 5.80. The fourth-order valence-electron chi connectivity index (χ4n) is 3.83. The van der Waals surface area contributed by atoms with Gasteiger partial charge in [-0.15, -0.1) is 0 Å². The van der Waals surface area contributed by atoms with Crippen LogP contribution in [0.25, 0.3) is 0 Å². The zero-order valence-corrected chi connectivity index (χ0v) is 18.9. The van der Waals surface area contributed by atoms with Gasteiger partial charge in [-0.25, -0.2) is 27.6 Å². The Morgan fingerprint density at radius 2 is 0.694 bits per heavy atom. The molecule has 3 atom stereocenters. The number of esters is 3. The van der Waals surface area contributed by atoms with E-state index in [1.165, 1.54) is 0 Å². The minimum atomic E-state index is -6.66. The van der Waals surface area contributed by atoms with Gasteiger partial charge in [-0.2, -0.15) is 26.3 Å². The van der Waals surface area contributed by atoms with Crippen molar-refractivity contribution in [2.75, 3.05) is 0 Å². The second kappa shape index (κ2) is 9.47. The van der Waals surface area contributed by atoms with Gasteiger partial charge in [-0.1, -0.05) is 19.7 Å². The summed E-state index contributed by atoms with van der Waals surface area (Å²) in [4.78, 5) is 34.3. The van der Waals surface area contributed by atoms with Crippen molar-refractivity contribution in [2.45, 2.75) is 73.9 Å². The van der Waals surface area contributed by atoms with E-state index < -0.39 is 71.0 Å². The second-order valence-electron chi connectivity index (χ2n) is 7.71. The van der Waals surface area contributed by atoms with E-state index in [9.17, 15) is 14.4 Å². The highest BCUT2D eigenvalue weighted by molar-refractivity contribution is 5.82. The molecule has 15 heteroatoms. The third-order valence-electron chi connectivity index (χ3n) is 5.80. The van der Waals surface area contributed by atoms with E-state index >= 15 is 39.5 Å². The van der Waals surface area contributed by atoms with E-state index in [0.717, 1.165) is 0 Å². The van der Waals surface area contributed by atoms with Crippen molar-refractivity contribution in [3.05, 3.63) is 38.0 Å². The summed E-state index contributed by atoms with van der Waals surface area (Å²) in [5.74, 6) is -25.5. The number of carbonyl (C=O) groups excluding carboxylic acids is 3. The summed E-state index contributed by atoms with van der Waals surface area (Å²) in [6.07, 6.45) is -10.1. The van der Waals surface area contributed by atoms with Gasteiger partial charge in [-0.05, 0) is 20.8 Å². The Morgan fingerprint density at radius 3 is 0.833 bits per heavy atom. The summed E-state index contributed by atoms with van der Waals surface area (Å²) >= 11 is 0. The summed E-state index contributed by atoms with van der Waals surface area (Å²) < 4.78 is 152. The average molecular weight is 540 g/mol. The number of hydrogen-bond acceptors (Lipinski definition) is 6. The first-order chi connectivity index (χ1) is 16.1. The van der Waals surface area contributed by atoms with Gasteiger partial charge in [0, 0.05) is 18.2 Å². The SMILES string of the molecule is C=CC(=O)OC(C)C1(F)C(F)(F)C(F)(C(C)OC(=O)C=C)C(F)(F)C(F)(C(C)OC(=O)C=C)C1(F)F. The number of carbonyl (C=O) groups is 3. The normalized spacial score (nSPS) is 32.7. The van der Waals surface area contributed by atoms with Crippen LogP contribution in [0, 0.1) is 0 Å². The van der Waals surface area contributed by atoms with E-state index in [1.807, 2.05) is 0 Å². The molecule has 36 heavy (non-hydrogen) atoms. The molecule has 1 aliphatic carbocycles. The van der Waals surface area contributed by atoms with Crippen LogP contribution in [0.4, 0.5) is 39.5 Å². The molecule has 0 aromatic carbocycles. The van der Waals surface area contributed by atoms with Crippen LogP contribution < -0.4 is 0 Å². The first-order valence-corrected chi connectivity index (χ1v) is 9.82. The Hall–Kier alpha value is -3.00. The Labute approximate surface area is 198 Å². The number of halogens is 9. The molecule has 3 unspecified atom stereocenters. The largest absolute Gasteiger partial charge is 0.456 e. The van der Waals surface area contributed by atoms with Gasteiger partial charge < -0.3 is 14.2 Å². The van der Waals surface area contributed by atoms with Gasteiger partial charge in [0.2, 0.25) is 0 Å². The monoisotopic (exact) mass is 540 g/mol. The topological polar surface area (TPSA) is 78.9 Å². The van der Waals surface area contributed by atoms with Crippen molar-refractivity contribution < 1.29 is 68.1 Å². The molecular formula is C21H21F9O6. The van der Waals surface area contributed by atoms with Crippen LogP contribution in [0.5, 0.6) is 0 Å². The van der Waals surface area contributed by atoms with Crippen LogP contribution in [-0.2, 0) is 28.6 Å². The molecule has 1 rings (SSSR count). The van der Waals surface area contributed by atoms with Gasteiger partial charge in [0.1, 0.15) is 18.3 Å². The van der Waals surface area contributed by atoms with E-state index in [-0.39, 0.29) is 39.0 Å². The molecule has 0 aromatic rings. The van der Waals surface area contributed by atoms with Gasteiger partial charge in [0.15, 0.2) is 0 Å². The molecule has 0 spiro atoms. The molecule has 1 saturated carbocycles. The molecule has 1 fully saturated rings. The molecule has 0 saturated heterocycles. The molecule has 0 radical (unpaired) electrons. The van der Waals surface area contributed by atoms with Crippen LogP contribution in [0.3, 0.4) is 0 Å². The zero-order chi connectivity index (χ0) is 28.7. The van der Waals surface area contributed by atoms with Gasteiger partial charge in [-0.3, -0.25) is 0 Å². The highest BCUT2D eigenvalue weighted by atomic mass is 19.3. The summed E-state index contributed by atoms with van der Waals surface area (Å²) in [7, 11) is 0. The maximum atomic E-state index is 16.0. The van der Waals surface area contributed by atoms with E-state index in [1.54, 1.807) is 0 Å². The van der Waals surface area contributed by atoms with Crippen molar-refractivity contribution >= 4 is 17.9 Å². The van der Waals surface area contributed by atoms with Crippen molar-refractivity contribution in [1.29, 1.82) is 0 Å². The van der Waals surface area contributed by atoms with Gasteiger partial charge >= 0.3 is 35.7 Å². The number of rotatable bonds is 9. The lowest BCUT2D eigenvalue weighted by Crippen LogP contribution is -2.91. The van der Waals surface area contributed by atoms with Crippen LogP contribution in [-0.4, -0.2) is 71.0 Å². The van der Waals surface area contributed by atoms with Crippen molar-refractivity contribution in [2.24, 2.45) is 0 Å². The quantitative estimate of drug-likeness (QED) is 0.187. The predicted molar refractivity (Wildman–Crippen MR) is 104 cm³/mol. The van der Waals surface area contributed by atoms with E-state index in [2.05, 4.69) is 33.9 Å². The minimum absolute atomic E-state index is 0.0195. The summed E-state index contributed by atoms with van der Waals surface area (Å²) in [6, 6.07) is 0. The van der Waals surface area contributed by atoms with Crippen LogP contribution >= 0.6 is 0 Å². The van der Waals surface area contributed by atoms with Crippen LogP contribution in [0.15, 0.2) is 38.0 Å². The third kappa shape index (κ3) is 3.69. The van der Waals surface area contributed by atoms with Crippen LogP contribution in [0.2, 0.25) is 0 Å². The van der Waals surface area contributed by atoms with E-state index in [0.29, 0.717) is 0 Å². The summed E-state index contributed by atoms with van der Waals surface area (Å²) in [5, 5.41) is 0. The Kier molecular flexibility index (Phi) is 8.16. The van der Waals surface area contributed by atoms with Crippen LogP contribution in [0.1, 0.15) is 20.8 Å². The fourth-order valence-corrected chi connectivity index (χ4v) is 3.83. The van der Waals surface area contributed by atoms with Gasteiger partial charge in [0.05, 0.1) is 0 Å². The molecule has 0 amide bonds. The highest BCUT2D eigenvalue weighted by Gasteiger charge is 3.02. The molecule has 0 heterocycles. The molecule has 1 aliphatic rings. The van der Waals surface area contributed by atoms with Gasteiger partial charge in [0.25, 0.3) is 17.0 Å². The molecule has 0 N–H and O–H groups in total. The zero-order valence-electron chi connectivity index (χ0n) is 18.9. The highest BCUT2D eigenvalue weighted by Crippen LogP contribution is 2.71. The van der Waals surface area contributed by atoms with Crippen molar-refractivity contribution in [3.63, 3.8) is 0 Å². The number of alkyl halides is 9. The lowest BCUT2D eigenvalue weighted by atomic mass is 9.57. The first kappa shape index (κ1) is 31.0. The maximum absolute atomic E-state index is 16.0. The fraction of sp³-hybridized carbons (Fsp3) is 0.571. The predicted octanol–water partition coefficient (Wildman–Crippen LogP) is 4.38. The standard InChI is InChI=1S/C21H21F9O6/c1-7-13(31)34-10(4)16(22)19(25,26)17(23,11(5)35-14(32)8-2)21(29,30)18(24,20(16,27)28)12(6)36-15(33)9-3/h7-12H,1-3H2,4-6H3. The Bertz CT molecular complexity index is 811. The first-order valence-electron chi connectivity index (χ1n) is 9.82. The molecule has 0 aromatic heterocycles. The molecule has 0 aliphatic heterocycles. The lowest BCUT2D eigenvalue weighted by Gasteiger charge is -2.60. The lowest BCUT2D eigenvalue weighted by molar-refractivity contribution is -0.462. The molecule has 6 nitrogen and oxygen atoms in total. The Morgan fingerprint density at radius 1 is 0.528 bits per heavy atom. The van der Waals surface area contributed by atoms with Crippen molar-refractivity contribution in [1.82, 2.24) is 0 Å². The average Bonchev–Trinajstić information content (AvgIpc) is 2.79. The molecule has 204 valence electrons. The number of ether oxygens (including phenoxy) is 3. The smallest absolute Gasteiger partial charge is 0.334 e. The molecule has 0 bridgehead atoms. The molecular weight excluding hydrogens is 519 g/mol. The summed E-state index contributed by atoms with van der Waals surface area (Å²) in [6.45, 7) is 8.35. The minimum Gasteiger partial charge on any atom is -0.456 e.